The topological polar surface area (TPSA) is 32.3 Å². The van der Waals surface area contributed by atoms with Gasteiger partial charge in [-0.05, 0) is 56.2 Å². The number of phenolic OH excluding ortho intramolecular Hbond substituents is 1. The monoisotopic (exact) mass is 263 g/mol. The number of rotatable bonds is 1. The lowest BCUT2D eigenvalue weighted by Crippen LogP contribution is -2.24. The van der Waals surface area contributed by atoms with Crippen LogP contribution in [0.4, 0.5) is 0 Å². The van der Waals surface area contributed by atoms with Crippen LogP contribution in [-0.2, 0) is 0 Å². The van der Waals surface area contributed by atoms with Gasteiger partial charge in [0.15, 0.2) is 0 Å². The van der Waals surface area contributed by atoms with E-state index in [1.54, 1.807) is 6.07 Å². The number of aryl methyl sites for hydroxylation is 1. The van der Waals surface area contributed by atoms with E-state index in [1.165, 1.54) is 19.3 Å². The van der Waals surface area contributed by atoms with Gasteiger partial charge in [-0.25, -0.2) is 0 Å². The summed E-state index contributed by atoms with van der Waals surface area (Å²) >= 11 is 0. The second kappa shape index (κ2) is 6.95. The fraction of sp³-hybridized carbons (Fsp3) is 0.647. The third-order valence-electron chi connectivity index (χ3n) is 4.42. The molecule has 0 radical (unpaired) electrons. The first kappa shape index (κ1) is 16.0. The molecule has 2 aliphatic carbocycles. The van der Waals surface area contributed by atoms with Crippen molar-refractivity contribution < 1.29 is 5.11 Å². The Balaban J connectivity index is 0.000000170. The quantitative estimate of drug-likeness (QED) is 0.799. The van der Waals surface area contributed by atoms with Crippen LogP contribution < -0.4 is 5.32 Å². The fourth-order valence-electron chi connectivity index (χ4n) is 2.95. The predicted octanol–water partition coefficient (Wildman–Crippen LogP) is 4.12. The lowest BCUT2D eigenvalue weighted by molar-refractivity contribution is 0.471. The van der Waals surface area contributed by atoms with Crippen molar-refractivity contribution in [3.63, 3.8) is 0 Å². The van der Waals surface area contributed by atoms with E-state index < -0.39 is 0 Å². The van der Waals surface area contributed by atoms with E-state index in [9.17, 15) is 0 Å². The molecular weight excluding hydrogens is 234 g/mol. The SMILES string of the molecule is CC.CNC1CCC2(C)CC12.Cc1ccccc1O. The van der Waals surface area contributed by atoms with E-state index in [4.69, 9.17) is 5.11 Å². The molecule has 1 aromatic carbocycles. The maximum atomic E-state index is 8.92. The molecule has 19 heavy (non-hydrogen) atoms. The average Bonchev–Trinajstić information content (AvgIpc) is 3.00. The summed E-state index contributed by atoms with van der Waals surface area (Å²) in [6.45, 7) is 8.30. The third-order valence-corrected chi connectivity index (χ3v) is 4.42. The summed E-state index contributed by atoms with van der Waals surface area (Å²) in [5, 5.41) is 12.3. The molecule has 3 rings (SSSR count). The summed E-state index contributed by atoms with van der Waals surface area (Å²) in [5.41, 5.74) is 1.70. The van der Waals surface area contributed by atoms with E-state index in [0.29, 0.717) is 5.75 Å². The van der Waals surface area contributed by atoms with E-state index in [1.807, 2.05) is 39.0 Å². The first-order valence-electron chi connectivity index (χ1n) is 7.49. The van der Waals surface area contributed by atoms with Crippen molar-refractivity contribution >= 4 is 0 Å². The molecule has 0 aliphatic heterocycles. The van der Waals surface area contributed by atoms with Crippen molar-refractivity contribution in [3.05, 3.63) is 29.8 Å². The Hall–Kier alpha value is -1.02. The Morgan fingerprint density at radius 2 is 1.89 bits per heavy atom. The zero-order valence-electron chi connectivity index (χ0n) is 13.0. The first-order chi connectivity index (χ1) is 9.07. The summed E-state index contributed by atoms with van der Waals surface area (Å²) in [4.78, 5) is 0. The van der Waals surface area contributed by atoms with Gasteiger partial charge in [0.2, 0.25) is 0 Å². The van der Waals surface area contributed by atoms with Gasteiger partial charge in [0, 0.05) is 6.04 Å². The number of benzene rings is 1. The van der Waals surface area contributed by atoms with Crippen molar-refractivity contribution in [2.75, 3.05) is 7.05 Å². The molecule has 2 nitrogen and oxygen atoms in total. The Morgan fingerprint density at radius 1 is 1.26 bits per heavy atom. The van der Waals surface area contributed by atoms with Crippen LogP contribution in [-0.4, -0.2) is 18.2 Å². The van der Waals surface area contributed by atoms with Crippen molar-refractivity contribution in [2.45, 2.75) is 53.0 Å². The van der Waals surface area contributed by atoms with Crippen LogP contribution in [0.5, 0.6) is 5.75 Å². The van der Waals surface area contributed by atoms with Gasteiger partial charge >= 0.3 is 0 Å². The molecule has 108 valence electrons. The van der Waals surface area contributed by atoms with Gasteiger partial charge in [-0.15, -0.1) is 0 Å². The molecule has 2 saturated carbocycles. The average molecular weight is 263 g/mol. The Labute approximate surface area is 118 Å². The lowest BCUT2D eigenvalue weighted by Gasteiger charge is -2.07. The summed E-state index contributed by atoms with van der Waals surface area (Å²) in [6, 6.07) is 8.11. The standard InChI is InChI=1S/C8H15N.C7H8O.C2H6/c1-8-4-3-7(9-2)6(8)5-8;1-6-4-2-3-5-7(6)8;1-2/h6-7,9H,3-5H2,1-2H3;2-5,8H,1H3;1-2H3. The highest BCUT2D eigenvalue weighted by atomic mass is 16.3. The highest BCUT2D eigenvalue weighted by molar-refractivity contribution is 5.29. The first-order valence-corrected chi connectivity index (χ1v) is 7.49. The Morgan fingerprint density at radius 3 is 2.16 bits per heavy atom. The molecule has 0 amide bonds. The van der Waals surface area contributed by atoms with Crippen LogP contribution in [0, 0.1) is 18.3 Å². The molecule has 2 fully saturated rings. The van der Waals surface area contributed by atoms with Crippen LogP contribution in [0.1, 0.15) is 45.6 Å². The molecule has 3 atom stereocenters. The summed E-state index contributed by atoms with van der Waals surface area (Å²) in [5.74, 6) is 1.40. The van der Waals surface area contributed by atoms with Crippen molar-refractivity contribution in [2.24, 2.45) is 11.3 Å². The van der Waals surface area contributed by atoms with Crippen LogP contribution in [0.3, 0.4) is 0 Å². The number of para-hydroxylation sites is 1. The molecule has 0 spiro atoms. The minimum atomic E-state index is 0.368. The molecular formula is C17H29NO. The van der Waals surface area contributed by atoms with Crippen molar-refractivity contribution in [1.82, 2.24) is 5.32 Å². The van der Waals surface area contributed by atoms with E-state index in [-0.39, 0.29) is 0 Å². The lowest BCUT2D eigenvalue weighted by atomic mass is 10.1. The molecule has 2 N–H and O–H groups in total. The maximum Gasteiger partial charge on any atom is 0.118 e. The smallest absolute Gasteiger partial charge is 0.118 e. The van der Waals surface area contributed by atoms with Gasteiger partial charge < -0.3 is 10.4 Å². The predicted molar refractivity (Wildman–Crippen MR) is 82.5 cm³/mol. The zero-order valence-corrected chi connectivity index (χ0v) is 13.0. The van der Waals surface area contributed by atoms with Crippen molar-refractivity contribution in [3.8, 4) is 5.75 Å². The van der Waals surface area contributed by atoms with E-state index >= 15 is 0 Å². The summed E-state index contributed by atoms with van der Waals surface area (Å²) < 4.78 is 0. The highest BCUT2D eigenvalue weighted by Gasteiger charge is 2.57. The van der Waals surface area contributed by atoms with Gasteiger partial charge in [0.25, 0.3) is 0 Å². The number of hydrogen-bond donors (Lipinski definition) is 2. The minimum absolute atomic E-state index is 0.368. The summed E-state index contributed by atoms with van der Waals surface area (Å²) in [7, 11) is 2.09. The number of hydrogen-bond acceptors (Lipinski definition) is 2. The molecule has 3 unspecified atom stereocenters. The van der Waals surface area contributed by atoms with Crippen LogP contribution in [0.2, 0.25) is 0 Å². The highest BCUT2D eigenvalue weighted by Crippen LogP contribution is 2.62. The molecule has 0 aromatic heterocycles. The zero-order chi connectivity index (χ0) is 14.5. The van der Waals surface area contributed by atoms with Gasteiger partial charge in [-0.1, -0.05) is 39.0 Å². The largest absolute Gasteiger partial charge is 0.508 e. The second-order valence-corrected chi connectivity index (χ2v) is 5.68. The molecule has 2 heteroatoms. The second-order valence-electron chi connectivity index (χ2n) is 5.68. The minimum Gasteiger partial charge on any atom is -0.508 e. The summed E-state index contributed by atoms with van der Waals surface area (Å²) in [6.07, 6.45) is 4.36. The molecule has 0 heterocycles. The number of nitrogens with one attached hydrogen (secondary N) is 1. The van der Waals surface area contributed by atoms with Crippen LogP contribution in [0.15, 0.2) is 24.3 Å². The van der Waals surface area contributed by atoms with Crippen LogP contribution in [0.25, 0.3) is 0 Å². The normalized spacial score (nSPS) is 30.4. The number of phenols is 1. The van der Waals surface area contributed by atoms with E-state index in [2.05, 4.69) is 19.3 Å². The Bertz CT molecular complexity index is 370. The van der Waals surface area contributed by atoms with Gasteiger partial charge in [-0.2, -0.15) is 0 Å². The van der Waals surface area contributed by atoms with Crippen LogP contribution >= 0.6 is 0 Å². The van der Waals surface area contributed by atoms with Gasteiger partial charge in [0.05, 0.1) is 0 Å². The molecule has 0 saturated heterocycles. The van der Waals surface area contributed by atoms with Gasteiger partial charge in [-0.3, -0.25) is 0 Å². The molecule has 2 aliphatic rings. The third kappa shape index (κ3) is 3.97. The van der Waals surface area contributed by atoms with E-state index in [0.717, 1.165) is 22.9 Å². The maximum absolute atomic E-state index is 8.92. The number of fused-ring (bicyclic) bond motifs is 1. The molecule has 1 aromatic rings. The van der Waals surface area contributed by atoms with Gasteiger partial charge in [0.1, 0.15) is 5.75 Å². The molecule has 0 bridgehead atoms. The fourth-order valence-corrected chi connectivity index (χ4v) is 2.95. The van der Waals surface area contributed by atoms with Crippen molar-refractivity contribution in [1.29, 1.82) is 0 Å². The Kier molecular flexibility index (Phi) is 5.86. The number of aromatic hydroxyl groups is 1.